The highest BCUT2D eigenvalue weighted by atomic mass is 16.2. The molecule has 2 saturated heterocycles. The Kier molecular flexibility index (Phi) is 4.31. The summed E-state index contributed by atoms with van der Waals surface area (Å²) in [6.07, 6.45) is 1.76. The Balaban J connectivity index is 1.41. The molecule has 0 bridgehead atoms. The number of hydrogen-bond acceptors (Lipinski definition) is 3. The highest BCUT2D eigenvalue weighted by Crippen LogP contribution is 2.45. The lowest BCUT2D eigenvalue weighted by Gasteiger charge is -2.29. The fraction of sp³-hybridized carbons (Fsp3) is 0.292. The summed E-state index contributed by atoms with van der Waals surface area (Å²) >= 11 is 0. The molecule has 29 heavy (non-hydrogen) atoms. The predicted octanol–water partition coefficient (Wildman–Crippen LogP) is 3.53. The SMILES string of the molecule is CC(=O)N1C[C@H]2CN(C(=O)c3ccc4ncccc4c3)C[C@H]2[C@@H]1c1ccccc1. The van der Waals surface area contributed by atoms with Crippen LogP contribution in [0.5, 0.6) is 0 Å². The lowest BCUT2D eigenvalue weighted by atomic mass is 9.89. The molecule has 0 unspecified atom stereocenters. The van der Waals surface area contributed by atoms with E-state index >= 15 is 0 Å². The molecule has 5 rings (SSSR count). The largest absolute Gasteiger partial charge is 0.338 e. The first-order chi connectivity index (χ1) is 14.1. The number of rotatable bonds is 2. The Bertz CT molecular complexity index is 1080. The highest BCUT2D eigenvalue weighted by molar-refractivity contribution is 5.98. The minimum absolute atomic E-state index is 0.0392. The van der Waals surface area contributed by atoms with Gasteiger partial charge in [-0.25, -0.2) is 0 Å². The summed E-state index contributed by atoms with van der Waals surface area (Å²) in [6, 6.07) is 19.8. The first-order valence-electron chi connectivity index (χ1n) is 10.1. The minimum Gasteiger partial charge on any atom is -0.338 e. The van der Waals surface area contributed by atoms with E-state index in [4.69, 9.17) is 0 Å². The summed E-state index contributed by atoms with van der Waals surface area (Å²) < 4.78 is 0. The molecule has 0 saturated carbocycles. The van der Waals surface area contributed by atoms with Crippen molar-refractivity contribution in [3.05, 3.63) is 78.0 Å². The number of fused-ring (bicyclic) bond motifs is 2. The van der Waals surface area contributed by atoms with Crippen LogP contribution < -0.4 is 0 Å². The molecule has 1 aromatic heterocycles. The zero-order valence-corrected chi connectivity index (χ0v) is 16.4. The van der Waals surface area contributed by atoms with E-state index in [9.17, 15) is 9.59 Å². The number of hydrogen-bond donors (Lipinski definition) is 0. The zero-order chi connectivity index (χ0) is 20.0. The first kappa shape index (κ1) is 17.9. The molecule has 2 fully saturated rings. The van der Waals surface area contributed by atoms with Crippen LogP contribution in [-0.2, 0) is 4.79 Å². The standard InChI is InChI=1S/C24H23N3O2/c1-16(28)27-14-20-13-26(15-21(20)23(27)17-6-3-2-4-7-17)24(29)19-9-10-22-18(12-19)8-5-11-25-22/h2-12,20-21,23H,13-15H2,1H3/t20-,21-,23+/m1/s1. The molecule has 0 spiro atoms. The van der Waals surface area contributed by atoms with Gasteiger partial charge in [-0.05, 0) is 29.8 Å². The Morgan fingerprint density at radius 3 is 2.59 bits per heavy atom. The summed E-state index contributed by atoms with van der Waals surface area (Å²) in [7, 11) is 0. The van der Waals surface area contributed by atoms with Crippen LogP contribution in [0.1, 0.15) is 28.9 Å². The Labute approximate surface area is 170 Å². The Morgan fingerprint density at radius 2 is 1.79 bits per heavy atom. The van der Waals surface area contributed by atoms with E-state index in [0.717, 1.165) is 16.5 Å². The minimum atomic E-state index is 0.0392. The third-order valence-electron chi connectivity index (χ3n) is 6.35. The van der Waals surface area contributed by atoms with Crippen molar-refractivity contribution in [2.24, 2.45) is 11.8 Å². The molecule has 2 aromatic carbocycles. The maximum Gasteiger partial charge on any atom is 0.253 e. The quantitative estimate of drug-likeness (QED) is 0.678. The van der Waals surface area contributed by atoms with Gasteiger partial charge >= 0.3 is 0 Å². The van der Waals surface area contributed by atoms with Crippen molar-refractivity contribution in [2.75, 3.05) is 19.6 Å². The Morgan fingerprint density at radius 1 is 0.966 bits per heavy atom. The Hall–Kier alpha value is -3.21. The third-order valence-corrected chi connectivity index (χ3v) is 6.35. The van der Waals surface area contributed by atoms with Crippen LogP contribution in [0.3, 0.4) is 0 Å². The molecular formula is C24H23N3O2. The second kappa shape index (κ2) is 6.99. The van der Waals surface area contributed by atoms with Crippen molar-refractivity contribution in [3.63, 3.8) is 0 Å². The average molecular weight is 385 g/mol. The van der Waals surface area contributed by atoms with Gasteiger partial charge in [0.2, 0.25) is 5.91 Å². The van der Waals surface area contributed by atoms with E-state index in [2.05, 4.69) is 17.1 Å². The van der Waals surface area contributed by atoms with Crippen LogP contribution in [0.25, 0.3) is 10.9 Å². The summed E-state index contributed by atoms with van der Waals surface area (Å²) in [6.45, 7) is 3.73. The van der Waals surface area contributed by atoms with E-state index in [0.29, 0.717) is 31.1 Å². The van der Waals surface area contributed by atoms with Gasteiger partial charge in [0, 0.05) is 55.5 Å². The van der Waals surface area contributed by atoms with Crippen LogP contribution >= 0.6 is 0 Å². The summed E-state index contributed by atoms with van der Waals surface area (Å²) in [4.78, 5) is 33.7. The van der Waals surface area contributed by atoms with Crippen molar-refractivity contribution in [1.29, 1.82) is 0 Å². The van der Waals surface area contributed by atoms with E-state index in [1.165, 1.54) is 0 Å². The normalized spacial score (nSPS) is 23.4. The molecule has 5 nitrogen and oxygen atoms in total. The predicted molar refractivity (Wildman–Crippen MR) is 111 cm³/mol. The van der Waals surface area contributed by atoms with Crippen LogP contribution in [0.15, 0.2) is 66.9 Å². The second-order valence-corrected chi connectivity index (χ2v) is 8.07. The molecule has 2 amide bonds. The fourth-order valence-electron chi connectivity index (χ4n) is 5.00. The van der Waals surface area contributed by atoms with Crippen molar-refractivity contribution in [2.45, 2.75) is 13.0 Å². The van der Waals surface area contributed by atoms with Gasteiger partial charge in [0.1, 0.15) is 0 Å². The summed E-state index contributed by atoms with van der Waals surface area (Å²) in [5.41, 5.74) is 2.75. The van der Waals surface area contributed by atoms with E-state index in [-0.39, 0.29) is 23.8 Å². The number of amides is 2. The zero-order valence-electron chi connectivity index (χ0n) is 16.4. The lowest BCUT2D eigenvalue weighted by Crippen LogP contribution is -2.36. The van der Waals surface area contributed by atoms with Crippen molar-refractivity contribution >= 4 is 22.7 Å². The van der Waals surface area contributed by atoms with Gasteiger partial charge in [-0.15, -0.1) is 0 Å². The van der Waals surface area contributed by atoms with Gasteiger partial charge < -0.3 is 9.80 Å². The van der Waals surface area contributed by atoms with Crippen LogP contribution in [0.4, 0.5) is 0 Å². The molecule has 2 aliphatic heterocycles. The van der Waals surface area contributed by atoms with Gasteiger partial charge in [0.15, 0.2) is 0 Å². The van der Waals surface area contributed by atoms with E-state index in [1.54, 1.807) is 13.1 Å². The first-order valence-corrected chi connectivity index (χ1v) is 10.1. The number of pyridine rings is 1. The van der Waals surface area contributed by atoms with Gasteiger partial charge in [0.25, 0.3) is 5.91 Å². The number of benzene rings is 2. The van der Waals surface area contributed by atoms with Crippen LogP contribution in [0.2, 0.25) is 0 Å². The molecule has 0 N–H and O–H groups in total. The number of likely N-dealkylation sites (tertiary alicyclic amines) is 2. The van der Waals surface area contributed by atoms with Crippen molar-refractivity contribution in [3.8, 4) is 0 Å². The van der Waals surface area contributed by atoms with Gasteiger partial charge in [-0.3, -0.25) is 14.6 Å². The number of aromatic nitrogens is 1. The fourth-order valence-corrected chi connectivity index (χ4v) is 5.00. The molecule has 146 valence electrons. The number of nitrogens with zero attached hydrogens (tertiary/aromatic N) is 3. The monoisotopic (exact) mass is 385 g/mol. The molecule has 0 aliphatic carbocycles. The van der Waals surface area contributed by atoms with Crippen LogP contribution in [-0.4, -0.2) is 46.2 Å². The van der Waals surface area contributed by atoms with E-state index in [1.807, 2.05) is 58.3 Å². The molecule has 5 heteroatoms. The van der Waals surface area contributed by atoms with Crippen molar-refractivity contribution in [1.82, 2.24) is 14.8 Å². The molecule has 3 aromatic rings. The molecular weight excluding hydrogens is 362 g/mol. The average Bonchev–Trinajstić information content (AvgIpc) is 3.31. The van der Waals surface area contributed by atoms with E-state index < -0.39 is 0 Å². The summed E-state index contributed by atoms with van der Waals surface area (Å²) in [5, 5.41) is 0.975. The van der Waals surface area contributed by atoms with Crippen molar-refractivity contribution < 1.29 is 9.59 Å². The highest BCUT2D eigenvalue weighted by Gasteiger charge is 2.49. The van der Waals surface area contributed by atoms with Gasteiger partial charge in [-0.1, -0.05) is 36.4 Å². The second-order valence-electron chi connectivity index (χ2n) is 8.07. The number of carbonyl (C=O) groups excluding carboxylic acids is 2. The van der Waals surface area contributed by atoms with Gasteiger partial charge in [-0.2, -0.15) is 0 Å². The lowest BCUT2D eigenvalue weighted by molar-refractivity contribution is -0.130. The molecule has 0 radical (unpaired) electrons. The van der Waals surface area contributed by atoms with Crippen LogP contribution in [0, 0.1) is 11.8 Å². The summed E-state index contributed by atoms with van der Waals surface area (Å²) in [5.74, 6) is 0.752. The smallest absolute Gasteiger partial charge is 0.253 e. The molecule has 3 heterocycles. The van der Waals surface area contributed by atoms with Gasteiger partial charge in [0.05, 0.1) is 11.6 Å². The maximum atomic E-state index is 13.2. The molecule has 3 atom stereocenters. The number of carbonyl (C=O) groups is 2. The maximum absolute atomic E-state index is 13.2. The topological polar surface area (TPSA) is 53.5 Å². The molecule has 2 aliphatic rings. The third kappa shape index (κ3) is 3.07.